The first-order valence-corrected chi connectivity index (χ1v) is 13.2. The molecule has 0 saturated carbocycles. The number of amides is 2. The number of ether oxygens (including phenoxy) is 1. The van der Waals surface area contributed by atoms with Crippen LogP contribution >= 0.6 is 24.0 Å². The van der Waals surface area contributed by atoms with E-state index in [1.165, 1.54) is 11.8 Å². The summed E-state index contributed by atoms with van der Waals surface area (Å²) < 4.78 is 6.47. The zero-order valence-electron chi connectivity index (χ0n) is 20.1. The minimum absolute atomic E-state index is 0.0105. The number of para-hydroxylation sites is 2. The minimum atomic E-state index is -0.0725. The second-order valence-electron chi connectivity index (χ2n) is 8.49. The molecule has 5 nitrogen and oxygen atoms in total. The van der Waals surface area contributed by atoms with Crippen LogP contribution in [0.1, 0.15) is 36.8 Å². The van der Waals surface area contributed by atoms with Gasteiger partial charge in [0.2, 0.25) is 5.91 Å². The van der Waals surface area contributed by atoms with Gasteiger partial charge in [-0.25, -0.2) is 0 Å². The Balaban J connectivity index is 1.25. The molecule has 0 radical (unpaired) electrons. The monoisotopic (exact) mass is 516 g/mol. The number of hydrogen-bond acceptors (Lipinski definition) is 5. The predicted octanol–water partition coefficient (Wildman–Crippen LogP) is 7.19. The topological polar surface area (TPSA) is 58.6 Å². The maximum Gasteiger partial charge on any atom is 0.266 e. The average molecular weight is 517 g/mol. The van der Waals surface area contributed by atoms with Gasteiger partial charge in [0.05, 0.1) is 4.91 Å². The van der Waals surface area contributed by atoms with Crippen LogP contribution < -0.4 is 10.1 Å². The van der Waals surface area contributed by atoms with Crippen LogP contribution in [0, 0.1) is 6.92 Å². The summed E-state index contributed by atoms with van der Waals surface area (Å²) in [5.41, 5.74) is 2.77. The summed E-state index contributed by atoms with van der Waals surface area (Å²) >= 11 is 6.79. The van der Waals surface area contributed by atoms with Crippen molar-refractivity contribution in [1.82, 2.24) is 4.90 Å². The molecule has 0 spiro atoms. The zero-order valence-corrected chi connectivity index (χ0v) is 21.7. The number of thioether (sulfide) groups is 1. The van der Waals surface area contributed by atoms with Gasteiger partial charge in [0.25, 0.3) is 5.91 Å². The van der Waals surface area contributed by atoms with Gasteiger partial charge in [0.15, 0.2) is 0 Å². The molecule has 3 aromatic carbocycles. The highest BCUT2D eigenvalue weighted by atomic mass is 32.2. The lowest BCUT2D eigenvalue weighted by molar-refractivity contribution is -0.122. The third-order valence-electron chi connectivity index (χ3n) is 5.71. The summed E-state index contributed by atoms with van der Waals surface area (Å²) in [6.07, 6.45) is 4.70. The lowest BCUT2D eigenvalue weighted by atomic mass is 10.1. The lowest BCUT2D eigenvalue weighted by Gasteiger charge is -2.14. The van der Waals surface area contributed by atoms with E-state index in [4.69, 9.17) is 17.0 Å². The molecular formula is C29H28N2O3S2. The van der Waals surface area contributed by atoms with Gasteiger partial charge in [0.1, 0.15) is 15.8 Å². The summed E-state index contributed by atoms with van der Waals surface area (Å²) in [5, 5.41) is 2.96. The third-order valence-corrected chi connectivity index (χ3v) is 7.09. The number of nitrogens with zero attached hydrogens (tertiary/aromatic N) is 1. The van der Waals surface area contributed by atoms with Gasteiger partial charge >= 0.3 is 0 Å². The van der Waals surface area contributed by atoms with E-state index in [-0.39, 0.29) is 11.8 Å². The van der Waals surface area contributed by atoms with Crippen LogP contribution in [0.2, 0.25) is 0 Å². The molecule has 0 unspecified atom stereocenters. The fraction of sp³-hybridized carbons (Fsp3) is 0.207. The number of thiocarbonyl (C=S) groups is 1. The molecule has 1 heterocycles. The maximum atomic E-state index is 13.0. The van der Waals surface area contributed by atoms with Crippen LogP contribution in [0.4, 0.5) is 5.69 Å². The summed E-state index contributed by atoms with van der Waals surface area (Å²) in [6.45, 7) is 2.53. The molecule has 4 rings (SSSR count). The van der Waals surface area contributed by atoms with Crippen molar-refractivity contribution in [3.8, 4) is 11.5 Å². The average Bonchev–Trinajstić information content (AvgIpc) is 3.13. The highest BCUT2D eigenvalue weighted by molar-refractivity contribution is 8.26. The Hall–Kier alpha value is -3.42. The number of carbonyl (C=O) groups excluding carboxylic acids is 2. The van der Waals surface area contributed by atoms with Crippen molar-refractivity contribution in [1.29, 1.82) is 0 Å². The van der Waals surface area contributed by atoms with E-state index in [1.54, 1.807) is 4.90 Å². The quantitative estimate of drug-likeness (QED) is 0.176. The molecule has 184 valence electrons. The van der Waals surface area contributed by atoms with Crippen LogP contribution in [-0.4, -0.2) is 27.6 Å². The summed E-state index contributed by atoms with van der Waals surface area (Å²) in [7, 11) is 0. The zero-order chi connectivity index (χ0) is 25.3. The molecular weight excluding hydrogens is 488 g/mol. The lowest BCUT2D eigenvalue weighted by Crippen LogP contribution is -2.29. The van der Waals surface area contributed by atoms with Gasteiger partial charge in [0, 0.05) is 18.7 Å². The van der Waals surface area contributed by atoms with E-state index in [2.05, 4.69) is 5.32 Å². The van der Waals surface area contributed by atoms with Gasteiger partial charge in [-0.15, -0.1) is 0 Å². The number of rotatable bonds is 10. The number of carbonyl (C=O) groups is 2. The second kappa shape index (κ2) is 12.5. The Kier molecular flexibility index (Phi) is 8.92. The van der Waals surface area contributed by atoms with E-state index < -0.39 is 0 Å². The smallest absolute Gasteiger partial charge is 0.266 e. The van der Waals surface area contributed by atoms with E-state index in [0.29, 0.717) is 27.9 Å². The van der Waals surface area contributed by atoms with Crippen molar-refractivity contribution in [2.45, 2.75) is 32.6 Å². The number of nitrogens with one attached hydrogen (secondary N) is 1. The van der Waals surface area contributed by atoms with E-state index in [0.717, 1.165) is 41.8 Å². The Morgan fingerprint density at radius 2 is 1.72 bits per heavy atom. The van der Waals surface area contributed by atoms with Crippen molar-refractivity contribution in [2.24, 2.45) is 0 Å². The van der Waals surface area contributed by atoms with Crippen LogP contribution in [0.15, 0.2) is 83.8 Å². The van der Waals surface area contributed by atoms with Crippen LogP contribution in [0.25, 0.3) is 6.08 Å². The number of aryl methyl sites for hydroxylation is 1. The van der Waals surface area contributed by atoms with Gasteiger partial charge in [-0.1, -0.05) is 78.9 Å². The Bertz CT molecular complexity index is 1270. The largest absolute Gasteiger partial charge is 0.457 e. The van der Waals surface area contributed by atoms with Crippen molar-refractivity contribution in [3.05, 3.63) is 94.9 Å². The van der Waals surface area contributed by atoms with Gasteiger partial charge < -0.3 is 10.1 Å². The SMILES string of the molecule is Cc1ccccc1NC(=O)CCCCCN1C(=O)/C(=C/c2cccc(Oc3ccccc3)c2)SC1=S. The highest BCUT2D eigenvalue weighted by Crippen LogP contribution is 2.33. The number of anilines is 1. The summed E-state index contributed by atoms with van der Waals surface area (Å²) in [4.78, 5) is 27.4. The number of unbranched alkanes of at least 4 members (excludes halogenated alkanes) is 2. The first kappa shape index (κ1) is 25.7. The normalized spacial score (nSPS) is 14.4. The molecule has 36 heavy (non-hydrogen) atoms. The van der Waals surface area contributed by atoms with Gasteiger partial charge in [-0.2, -0.15) is 0 Å². The Morgan fingerprint density at radius 3 is 2.53 bits per heavy atom. The standard InChI is InChI=1S/C29H28N2O3S2/c1-21-11-7-8-16-25(21)30-27(32)17-6-3-9-18-31-28(33)26(36-29(31)35)20-22-12-10-15-24(19-22)34-23-13-4-2-5-14-23/h2,4-5,7-8,10-16,19-20H,3,6,9,17-18H2,1H3,(H,30,32)/b26-20-. The Labute approximate surface area is 221 Å². The van der Waals surface area contributed by atoms with Gasteiger partial charge in [-0.3, -0.25) is 14.5 Å². The van der Waals surface area contributed by atoms with Crippen molar-refractivity contribution in [2.75, 3.05) is 11.9 Å². The third kappa shape index (κ3) is 7.06. The molecule has 7 heteroatoms. The molecule has 0 aromatic heterocycles. The molecule has 0 aliphatic carbocycles. The molecule has 1 saturated heterocycles. The summed E-state index contributed by atoms with van der Waals surface area (Å²) in [5.74, 6) is 1.40. The van der Waals surface area contributed by atoms with Gasteiger partial charge in [-0.05, 0) is 67.3 Å². The van der Waals surface area contributed by atoms with Crippen molar-refractivity contribution in [3.63, 3.8) is 0 Å². The molecule has 0 bridgehead atoms. The number of hydrogen-bond donors (Lipinski definition) is 1. The van der Waals surface area contributed by atoms with Crippen LogP contribution in [0.3, 0.4) is 0 Å². The summed E-state index contributed by atoms with van der Waals surface area (Å²) in [6, 6.07) is 24.9. The fourth-order valence-corrected chi connectivity index (χ4v) is 5.10. The first-order chi connectivity index (χ1) is 17.5. The molecule has 1 N–H and O–H groups in total. The fourth-order valence-electron chi connectivity index (χ4n) is 3.79. The maximum absolute atomic E-state index is 13.0. The first-order valence-electron chi connectivity index (χ1n) is 11.9. The molecule has 1 aliphatic rings. The molecule has 1 fully saturated rings. The molecule has 2 amide bonds. The van der Waals surface area contributed by atoms with E-state index >= 15 is 0 Å². The Morgan fingerprint density at radius 1 is 0.972 bits per heavy atom. The van der Waals surface area contributed by atoms with E-state index in [9.17, 15) is 9.59 Å². The van der Waals surface area contributed by atoms with E-state index in [1.807, 2.05) is 91.9 Å². The minimum Gasteiger partial charge on any atom is -0.457 e. The van der Waals surface area contributed by atoms with Crippen LogP contribution in [-0.2, 0) is 9.59 Å². The molecule has 3 aromatic rings. The predicted molar refractivity (Wildman–Crippen MR) is 151 cm³/mol. The number of benzene rings is 3. The van der Waals surface area contributed by atoms with Crippen LogP contribution in [0.5, 0.6) is 11.5 Å². The molecule has 1 aliphatic heterocycles. The van der Waals surface area contributed by atoms with Crippen molar-refractivity contribution >= 4 is 51.9 Å². The molecule has 0 atom stereocenters. The highest BCUT2D eigenvalue weighted by Gasteiger charge is 2.31. The second-order valence-corrected chi connectivity index (χ2v) is 10.2. The van der Waals surface area contributed by atoms with Crippen molar-refractivity contribution < 1.29 is 14.3 Å².